The number of rotatable bonds is 8. The molecule has 0 spiro atoms. The van der Waals surface area contributed by atoms with Crippen LogP contribution in [0.2, 0.25) is 5.02 Å². The Morgan fingerprint density at radius 1 is 0.967 bits per heavy atom. The Bertz CT molecular complexity index is 1120. The van der Waals surface area contributed by atoms with Crippen molar-refractivity contribution in [3.05, 3.63) is 83.4 Å². The molecule has 0 aromatic heterocycles. The number of aryl methyl sites for hydroxylation is 1. The van der Waals surface area contributed by atoms with Gasteiger partial charge in [-0.15, -0.1) is 0 Å². The number of carbonyl (C=O) groups is 1. The molecule has 0 unspecified atom stereocenters. The lowest BCUT2D eigenvalue weighted by molar-refractivity contribution is -0.116. The summed E-state index contributed by atoms with van der Waals surface area (Å²) < 4.78 is 33.4. The number of methoxy groups -OCH3 is 1. The van der Waals surface area contributed by atoms with Gasteiger partial charge in [-0.05, 0) is 54.4 Å². The minimum atomic E-state index is -3.95. The highest BCUT2D eigenvalue weighted by Gasteiger charge is 2.21. The zero-order valence-electron chi connectivity index (χ0n) is 16.3. The first kappa shape index (κ1) is 21.7. The molecule has 0 saturated carbocycles. The molecule has 6 nitrogen and oxygen atoms in total. The summed E-state index contributed by atoms with van der Waals surface area (Å²) in [5.41, 5.74) is 1.78. The zero-order valence-corrected chi connectivity index (χ0v) is 17.8. The van der Waals surface area contributed by atoms with Crippen molar-refractivity contribution in [1.29, 1.82) is 0 Å². The number of halogens is 1. The fourth-order valence-electron chi connectivity index (χ4n) is 2.82. The minimum absolute atomic E-state index is 0.0826. The highest BCUT2D eigenvalue weighted by Crippen LogP contribution is 2.29. The highest BCUT2D eigenvalue weighted by atomic mass is 35.5. The summed E-state index contributed by atoms with van der Waals surface area (Å²) in [6, 6.07) is 20.4. The Hall–Kier alpha value is -3.03. The number of amides is 1. The number of sulfonamides is 1. The fraction of sp³-hybridized carbons (Fsp3) is 0.136. The van der Waals surface area contributed by atoms with Crippen LogP contribution in [0.15, 0.2) is 77.7 Å². The molecule has 30 heavy (non-hydrogen) atoms. The van der Waals surface area contributed by atoms with Crippen LogP contribution < -0.4 is 14.8 Å². The number of anilines is 2. The van der Waals surface area contributed by atoms with Gasteiger partial charge < -0.3 is 10.1 Å². The Labute approximate surface area is 180 Å². The lowest BCUT2D eigenvalue weighted by Crippen LogP contribution is -2.16. The predicted molar refractivity (Wildman–Crippen MR) is 119 cm³/mol. The molecule has 8 heteroatoms. The third-order valence-electron chi connectivity index (χ3n) is 4.32. The quantitative estimate of drug-likeness (QED) is 0.526. The molecule has 0 heterocycles. The van der Waals surface area contributed by atoms with Crippen LogP contribution in [0.4, 0.5) is 11.4 Å². The summed E-state index contributed by atoms with van der Waals surface area (Å²) in [6.45, 7) is 0. The first-order valence-corrected chi connectivity index (χ1v) is 11.0. The molecular formula is C22H21ClN2O4S. The van der Waals surface area contributed by atoms with Crippen LogP contribution in [0.3, 0.4) is 0 Å². The molecule has 0 atom stereocenters. The normalized spacial score (nSPS) is 11.0. The average molecular weight is 445 g/mol. The molecule has 156 valence electrons. The van der Waals surface area contributed by atoms with E-state index in [1.807, 2.05) is 30.3 Å². The third-order valence-corrected chi connectivity index (χ3v) is 5.97. The van der Waals surface area contributed by atoms with E-state index in [0.717, 1.165) is 5.56 Å². The Morgan fingerprint density at radius 2 is 1.63 bits per heavy atom. The van der Waals surface area contributed by atoms with Crippen molar-refractivity contribution >= 4 is 38.9 Å². The molecule has 0 aliphatic heterocycles. The third kappa shape index (κ3) is 5.75. The van der Waals surface area contributed by atoms with Gasteiger partial charge in [0, 0.05) is 22.8 Å². The van der Waals surface area contributed by atoms with Crippen molar-refractivity contribution in [2.75, 3.05) is 17.1 Å². The topological polar surface area (TPSA) is 84.5 Å². The second-order valence-electron chi connectivity index (χ2n) is 6.51. The predicted octanol–water partition coefficient (Wildman–Crippen LogP) is 4.72. The lowest BCUT2D eigenvalue weighted by Gasteiger charge is -2.14. The molecule has 1 amide bonds. The van der Waals surface area contributed by atoms with Crippen molar-refractivity contribution in [3.63, 3.8) is 0 Å². The molecule has 3 aromatic carbocycles. The standard InChI is InChI=1S/C22H21ClN2O4S/c1-29-20-13-12-19(24-22(26)14-7-16-5-3-2-4-6-16)15-21(20)30(27,28)25-18-10-8-17(23)9-11-18/h2-6,8-13,15,25H,7,14H2,1H3,(H,24,26). The smallest absolute Gasteiger partial charge is 0.265 e. The Morgan fingerprint density at radius 3 is 2.30 bits per heavy atom. The number of benzene rings is 3. The van der Waals surface area contributed by atoms with Crippen molar-refractivity contribution in [2.24, 2.45) is 0 Å². The molecule has 0 aliphatic carbocycles. The van der Waals surface area contributed by atoms with E-state index in [9.17, 15) is 13.2 Å². The molecule has 0 bridgehead atoms. The van der Waals surface area contributed by atoms with Gasteiger partial charge in [-0.1, -0.05) is 41.9 Å². The van der Waals surface area contributed by atoms with Crippen LogP contribution in [0, 0.1) is 0 Å². The van der Waals surface area contributed by atoms with Gasteiger partial charge in [-0.3, -0.25) is 9.52 Å². The van der Waals surface area contributed by atoms with E-state index in [-0.39, 0.29) is 23.0 Å². The van der Waals surface area contributed by atoms with Crippen molar-refractivity contribution < 1.29 is 17.9 Å². The number of carbonyl (C=O) groups excluding carboxylic acids is 1. The summed E-state index contributed by atoms with van der Waals surface area (Å²) in [4.78, 5) is 12.2. The van der Waals surface area contributed by atoms with Crippen LogP contribution in [0.1, 0.15) is 12.0 Å². The van der Waals surface area contributed by atoms with Gasteiger partial charge in [0.15, 0.2) is 0 Å². The fourth-order valence-corrected chi connectivity index (χ4v) is 4.20. The van der Waals surface area contributed by atoms with E-state index in [4.69, 9.17) is 16.3 Å². The second kappa shape index (κ2) is 9.65. The first-order valence-electron chi connectivity index (χ1n) is 9.17. The SMILES string of the molecule is COc1ccc(NC(=O)CCc2ccccc2)cc1S(=O)(=O)Nc1ccc(Cl)cc1. The average Bonchev–Trinajstić information content (AvgIpc) is 2.74. The van der Waals surface area contributed by atoms with Crippen molar-refractivity contribution in [1.82, 2.24) is 0 Å². The van der Waals surface area contributed by atoms with E-state index < -0.39 is 10.0 Å². The molecule has 3 aromatic rings. The molecule has 2 N–H and O–H groups in total. The van der Waals surface area contributed by atoms with Gasteiger partial charge in [-0.25, -0.2) is 8.42 Å². The van der Waals surface area contributed by atoms with Crippen LogP contribution in [0.25, 0.3) is 0 Å². The summed E-state index contributed by atoms with van der Waals surface area (Å²) in [5.74, 6) is -0.0447. The van der Waals surface area contributed by atoms with Gasteiger partial charge in [0.1, 0.15) is 10.6 Å². The number of nitrogens with one attached hydrogen (secondary N) is 2. The minimum Gasteiger partial charge on any atom is -0.495 e. The second-order valence-corrected chi connectivity index (χ2v) is 8.60. The maximum absolute atomic E-state index is 12.9. The molecule has 0 radical (unpaired) electrons. The molecule has 0 aliphatic rings. The Balaban J connectivity index is 1.75. The van der Waals surface area contributed by atoms with E-state index in [2.05, 4.69) is 10.0 Å². The van der Waals surface area contributed by atoms with E-state index in [0.29, 0.717) is 22.8 Å². The van der Waals surface area contributed by atoms with Gasteiger partial charge in [-0.2, -0.15) is 0 Å². The van der Waals surface area contributed by atoms with Crippen molar-refractivity contribution in [3.8, 4) is 5.75 Å². The largest absolute Gasteiger partial charge is 0.495 e. The van der Waals surface area contributed by atoms with Crippen LogP contribution in [-0.4, -0.2) is 21.4 Å². The maximum Gasteiger partial charge on any atom is 0.265 e. The molecule has 0 fully saturated rings. The molecule has 0 saturated heterocycles. The number of hydrogen-bond acceptors (Lipinski definition) is 4. The number of hydrogen-bond donors (Lipinski definition) is 2. The van der Waals surface area contributed by atoms with Gasteiger partial charge in [0.05, 0.1) is 7.11 Å². The first-order chi connectivity index (χ1) is 14.4. The maximum atomic E-state index is 12.9. The number of ether oxygens (including phenoxy) is 1. The van der Waals surface area contributed by atoms with Crippen molar-refractivity contribution in [2.45, 2.75) is 17.7 Å². The van der Waals surface area contributed by atoms with E-state index in [1.54, 1.807) is 30.3 Å². The summed E-state index contributed by atoms with van der Waals surface area (Å²) in [7, 11) is -2.57. The summed E-state index contributed by atoms with van der Waals surface area (Å²) >= 11 is 5.84. The lowest BCUT2D eigenvalue weighted by atomic mass is 10.1. The summed E-state index contributed by atoms with van der Waals surface area (Å²) in [5, 5.41) is 3.24. The van der Waals surface area contributed by atoms with Crippen LogP contribution >= 0.6 is 11.6 Å². The Kier molecular flexibility index (Phi) is 6.97. The monoisotopic (exact) mass is 444 g/mol. The van der Waals surface area contributed by atoms with Crippen LogP contribution in [0.5, 0.6) is 5.75 Å². The zero-order chi connectivity index (χ0) is 21.6. The molecule has 3 rings (SSSR count). The van der Waals surface area contributed by atoms with Gasteiger partial charge >= 0.3 is 0 Å². The van der Waals surface area contributed by atoms with Crippen LogP contribution in [-0.2, 0) is 21.2 Å². The highest BCUT2D eigenvalue weighted by molar-refractivity contribution is 7.92. The van der Waals surface area contributed by atoms with Gasteiger partial charge in [0.2, 0.25) is 5.91 Å². The van der Waals surface area contributed by atoms with E-state index >= 15 is 0 Å². The molecular weight excluding hydrogens is 424 g/mol. The summed E-state index contributed by atoms with van der Waals surface area (Å²) in [6.07, 6.45) is 0.868. The van der Waals surface area contributed by atoms with Gasteiger partial charge in [0.25, 0.3) is 10.0 Å². The van der Waals surface area contributed by atoms with E-state index in [1.165, 1.54) is 19.2 Å².